The summed E-state index contributed by atoms with van der Waals surface area (Å²) in [6.45, 7) is 1.01. The first kappa shape index (κ1) is 15.1. The third-order valence-corrected chi connectivity index (χ3v) is 4.85. The smallest absolute Gasteiger partial charge is 0.160 e. The van der Waals surface area contributed by atoms with Gasteiger partial charge in [-0.2, -0.15) is 0 Å². The SMILES string of the molecule is COc1ccc(C[C@@H]2NCCc3c2[nH]c2ccccc32)cc1OC. The Morgan fingerprint density at radius 2 is 1.88 bits per heavy atom. The highest BCUT2D eigenvalue weighted by Gasteiger charge is 2.24. The maximum absolute atomic E-state index is 5.43. The number of para-hydroxylation sites is 1. The lowest BCUT2D eigenvalue weighted by Crippen LogP contribution is -2.31. The monoisotopic (exact) mass is 322 g/mol. The number of hydrogen-bond acceptors (Lipinski definition) is 3. The first-order valence-electron chi connectivity index (χ1n) is 8.34. The van der Waals surface area contributed by atoms with Gasteiger partial charge in [0.25, 0.3) is 0 Å². The van der Waals surface area contributed by atoms with Gasteiger partial charge in [0.2, 0.25) is 0 Å². The number of hydrogen-bond donors (Lipinski definition) is 2. The summed E-state index contributed by atoms with van der Waals surface area (Å²) >= 11 is 0. The minimum absolute atomic E-state index is 0.291. The molecule has 4 nitrogen and oxygen atoms in total. The van der Waals surface area contributed by atoms with Crippen LogP contribution in [0.4, 0.5) is 0 Å². The van der Waals surface area contributed by atoms with E-state index in [4.69, 9.17) is 9.47 Å². The second kappa shape index (κ2) is 6.21. The first-order valence-corrected chi connectivity index (χ1v) is 8.34. The third kappa shape index (κ3) is 2.53. The van der Waals surface area contributed by atoms with Crippen molar-refractivity contribution in [1.82, 2.24) is 10.3 Å². The maximum atomic E-state index is 5.43. The number of fused-ring (bicyclic) bond motifs is 3. The summed E-state index contributed by atoms with van der Waals surface area (Å²) in [6, 6.07) is 15.0. The van der Waals surface area contributed by atoms with E-state index in [2.05, 4.69) is 46.7 Å². The summed E-state index contributed by atoms with van der Waals surface area (Å²) < 4.78 is 10.8. The highest BCUT2D eigenvalue weighted by molar-refractivity contribution is 5.85. The van der Waals surface area contributed by atoms with E-state index in [-0.39, 0.29) is 0 Å². The minimum Gasteiger partial charge on any atom is -0.493 e. The van der Waals surface area contributed by atoms with Crippen LogP contribution in [0.15, 0.2) is 42.5 Å². The number of H-pyrrole nitrogens is 1. The molecular formula is C20H22N2O2. The van der Waals surface area contributed by atoms with Gasteiger partial charge in [-0.05, 0) is 48.7 Å². The summed E-state index contributed by atoms with van der Waals surface area (Å²) in [5.74, 6) is 1.55. The zero-order chi connectivity index (χ0) is 16.5. The summed E-state index contributed by atoms with van der Waals surface area (Å²) in [6.07, 6.45) is 1.99. The Balaban J connectivity index is 1.67. The average molecular weight is 322 g/mol. The summed E-state index contributed by atoms with van der Waals surface area (Å²) in [5.41, 5.74) is 5.23. The van der Waals surface area contributed by atoms with E-state index in [1.54, 1.807) is 14.2 Å². The molecule has 1 atom stereocenters. The standard InChI is InChI=1S/C20H22N2O2/c1-23-18-8-7-13(12-19(18)24-2)11-17-20-15(9-10-21-17)14-5-3-4-6-16(14)22-20/h3-8,12,17,21-22H,9-11H2,1-2H3/t17-/m0/s1. The Bertz CT molecular complexity index is 869. The highest BCUT2D eigenvalue weighted by atomic mass is 16.5. The lowest BCUT2D eigenvalue weighted by Gasteiger charge is -2.25. The number of aromatic amines is 1. The van der Waals surface area contributed by atoms with Crippen LogP contribution in [0.25, 0.3) is 10.9 Å². The molecule has 0 amide bonds. The van der Waals surface area contributed by atoms with Gasteiger partial charge in [0, 0.05) is 16.6 Å². The Kier molecular flexibility index (Phi) is 3.90. The normalized spacial score (nSPS) is 16.8. The second-order valence-corrected chi connectivity index (χ2v) is 6.21. The molecule has 0 unspecified atom stereocenters. The molecule has 2 aromatic carbocycles. The van der Waals surface area contributed by atoms with Gasteiger partial charge in [0.15, 0.2) is 11.5 Å². The lowest BCUT2D eigenvalue weighted by molar-refractivity contribution is 0.354. The number of methoxy groups -OCH3 is 2. The number of nitrogens with one attached hydrogen (secondary N) is 2. The number of aromatic nitrogens is 1. The quantitative estimate of drug-likeness (QED) is 0.771. The van der Waals surface area contributed by atoms with Crippen molar-refractivity contribution in [2.75, 3.05) is 20.8 Å². The second-order valence-electron chi connectivity index (χ2n) is 6.21. The van der Waals surface area contributed by atoms with Crippen molar-refractivity contribution in [2.45, 2.75) is 18.9 Å². The molecule has 0 bridgehead atoms. The number of ether oxygens (including phenoxy) is 2. The molecule has 4 heteroatoms. The van der Waals surface area contributed by atoms with E-state index in [0.29, 0.717) is 6.04 Å². The number of benzene rings is 2. The van der Waals surface area contributed by atoms with Gasteiger partial charge < -0.3 is 19.8 Å². The summed E-state index contributed by atoms with van der Waals surface area (Å²) in [7, 11) is 3.34. The topological polar surface area (TPSA) is 46.3 Å². The van der Waals surface area contributed by atoms with Crippen LogP contribution in [0.5, 0.6) is 11.5 Å². The van der Waals surface area contributed by atoms with Gasteiger partial charge >= 0.3 is 0 Å². The summed E-state index contributed by atoms with van der Waals surface area (Å²) in [5, 5.41) is 5.00. The van der Waals surface area contributed by atoms with Crippen LogP contribution in [0, 0.1) is 0 Å². The van der Waals surface area contributed by atoms with Crippen LogP contribution in [0.3, 0.4) is 0 Å². The van der Waals surface area contributed by atoms with Crippen LogP contribution in [0.2, 0.25) is 0 Å². The van der Waals surface area contributed by atoms with Gasteiger partial charge in [-0.25, -0.2) is 0 Å². The van der Waals surface area contributed by atoms with Crippen molar-refractivity contribution in [1.29, 1.82) is 0 Å². The molecule has 124 valence electrons. The maximum Gasteiger partial charge on any atom is 0.160 e. The van der Waals surface area contributed by atoms with Crippen molar-refractivity contribution in [3.63, 3.8) is 0 Å². The largest absolute Gasteiger partial charge is 0.493 e. The lowest BCUT2D eigenvalue weighted by atomic mass is 9.94. The fourth-order valence-corrected chi connectivity index (χ4v) is 3.68. The Labute approximate surface area is 141 Å². The van der Waals surface area contributed by atoms with Crippen LogP contribution in [-0.4, -0.2) is 25.7 Å². The van der Waals surface area contributed by atoms with E-state index in [0.717, 1.165) is 30.9 Å². The molecule has 0 radical (unpaired) electrons. The average Bonchev–Trinajstić information content (AvgIpc) is 3.01. The molecule has 0 saturated heterocycles. The molecule has 24 heavy (non-hydrogen) atoms. The molecule has 0 fully saturated rings. The van der Waals surface area contributed by atoms with E-state index in [9.17, 15) is 0 Å². The van der Waals surface area contributed by atoms with Crippen molar-refractivity contribution < 1.29 is 9.47 Å². The fraction of sp³-hybridized carbons (Fsp3) is 0.300. The first-order chi connectivity index (χ1) is 11.8. The van der Waals surface area contributed by atoms with Crippen LogP contribution >= 0.6 is 0 Å². The molecule has 0 spiro atoms. The summed E-state index contributed by atoms with van der Waals surface area (Å²) in [4.78, 5) is 3.62. The molecule has 1 aliphatic heterocycles. The molecular weight excluding hydrogens is 300 g/mol. The van der Waals surface area contributed by atoms with Gasteiger partial charge in [0.1, 0.15) is 0 Å². The predicted molar refractivity (Wildman–Crippen MR) is 96.0 cm³/mol. The van der Waals surface area contributed by atoms with E-state index in [1.165, 1.54) is 27.7 Å². The minimum atomic E-state index is 0.291. The zero-order valence-corrected chi connectivity index (χ0v) is 14.1. The molecule has 2 N–H and O–H groups in total. The van der Waals surface area contributed by atoms with Gasteiger partial charge in [-0.15, -0.1) is 0 Å². The molecule has 1 aromatic heterocycles. The molecule has 2 heterocycles. The highest BCUT2D eigenvalue weighted by Crippen LogP contribution is 2.33. The van der Waals surface area contributed by atoms with Crippen LogP contribution in [0.1, 0.15) is 22.9 Å². The van der Waals surface area contributed by atoms with Gasteiger partial charge in [-0.1, -0.05) is 24.3 Å². The van der Waals surface area contributed by atoms with Crippen LogP contribution in [-0.2, 0) is 12.8 Å². The van der Waals surface area contributed by atoms with Crippen molar-refractivity contribution in [3.8, 4) is 11.5 Å². The van der Waals surface area contributed by atoms with Gasteiger partial charge in [-0.3, -0.25) is 0 Å². The molecule has 0 aliphatic carbocycles. The third-order valence-electron chi connectivity index (χ3n) is 4.85. The van der Waals surface area contributed by atoms with Crippen molar-refractivity contribution in [3.05, 3.63) is 59.3 Å². The predicted octanol–water partition coefficient (Wildman–Crippen LogP) is 3.61. The molecule has 3 aromatic rings. The Hall–Kier alpha value is -2.46. The molecule has 1 aliphatic rings. The van der Waals surface area contributed by atoms with Crippen molar-refractivity contribution >= 4 is 10.9 Å². The Morgan fingerprint density at radius 1 is 1.04 bits per heavy atom. The molecule has 4 rings (SSSR count). The zero-order valence-electron chi connectivity index (χ0n) is 14.1. The fourth-order valence-electron chi connectivity index (χ4n) is 3.68. The molecule has 0 saturated carbocycles. The van der Waals surface area contributed by atoms with E-state index >= 15 is 0 Å². The van der Waals surface area contributed by atoms with E-state index < -0.39 is 0 Å². The van der Waals surface area contributed by atoms with Crippen LogP contribution < -0.4 is 14.8 Å². The van der Waals surface area contributed by atoms with Gasteiger partial charge in [0.05, 0.1) is 20.3 Å². The number of rotatable bonds is 4. The van der Waals surface area contributed by atoms with Crippen molar-refractivity contribution in [2.24, 2.45) is 0 Å². The Morgan fingerprint density at radius 3 is 2.71 bits per heavy atom. The van der Waals surface area contributed by atoms with E-state index in [1.807, 2.05) is 6.07 Å².